The quantitative estimate of drug-likeness (QED) is 0.423. The van der Waals surface area contributed by atoms with E-state index < -0.39 is 11.7 Å². The standard InChI is InChI=1S/C21H20N4O2/c1-3-25-17-11-7-6-10-16(17)24-18(25)12-22-21(27)20(26)19-13(2)23-15-9-5-4-8-14(15)19/h4-11,23H,3,12H2,1-2H3,(H,22,27). The molecule has 0 radical (unpaired) electrons. The van der Waals surface area contributed by atoms with Gasteiger partial charge >= 0.3 is 0 Å². The van der Waals surface area contributed by atoms with E-state index in [-0.39, 0.29) is 6.54 Å². The van der Waals surface area contributed by atoms with Gasteiger partial charge in [0.1, 0.15) is 5.82 Å². The Labute approximate surface area is 156 Å². The van der Waals surface area contributed by atoms with E-state index in [2.05, 4.69) is 15.3 Å². The molecular formula is C21H20N4O2. The molecule has 2 aromatic carbocycles. The molecule has 6 heteroatoms. The molecule has 136 valence electrons. The Kier molecular flexibility index (Phi) is 4.24. The van der Waals surface area contributed by atoms with Crippen LogP contribution in [0.25, 0.3) is 21.9 Å². The molecule has 0 fully saturated rings. The van der Waals surface area contributed by atoms with E-state index in [1.165, 1.54) is 0 Å². The molecule has 2 heterocycles. The van der Waals surface area contributed by atoms with Gasteiger partial charge in [-0.05, 0) is 32.0 Å². The molecule has 1 amide bonds. The number of para-hydroxylation sites is 3. The van der Waals surface area contributed by atoms with Gasteiger partial charge in [0.05, 0.1) is 23.1 Å². The number of carbonyl (C=O) groups excluding carboxylic acids is 2. The lowest BCUT2D eigenvalue weighted by atomic mass is 10.1. The Balaban J connectivity index is 1.58. The van der Waals surface area contributed by atoms with Crippen LogP contribution in [-0.2, 0) is 17.9 Å². The number of fused-ring (bicyclic) bond motifs is 2. The minimum atomic E-state index is -0.627. The first kappa shape index (κ1) is 17.0. The number of hydrogen-bond donors (Lipinski definition) is 2. The van der Waals surface area contributed by atoms with Gasteiger partial charge in [-0.2, -0.15) is 0 Å². The number of nitrogens with one attached hydrogen (secondary N) is 2. The summed E-state index contributed by atoms with van der Waals surface area (Å²) in [7, 11) is 0. The van der Waals surface area contributed by atoms with Crippen LogP contribution in [0.4, 0.5) is 0 Å². The smallest absolute Gasteiger partial charge is 0.292 e. The number of aromatic amines is 1. The Morgan fingerprint density at radius 3 is 2.67 bits per heavy atom. The largest absolute Gasteiger partial charge is 0.358 e. The number of aryl methyl sites for hydroxylation is 2. The predicted octanol–water partition coefficient (Wildman–Crippen LogP) is 3.35. The van der Waals surface area contributed by atoms with E-state index in [9.17, 15) is 9.59 Å². The molecule has 0 aliphatic rings. The lowest BCUT2D eigenvalue weighted by molar-refractivity contribution is -0.117. The van der Waals surface area contributed by atoms with Crippen molar-refractivity contribution in [1.82, 2.24) is 19.9 Å². The second-order valence-electron chi connectivity index (χ2n) is 6.44. The fourth-order valence-electron chi connectivity index (χ4n) is 3.54. The molecular weight excluding hydrogens is 340 g/mol. The van der Waals surface area contributed by atoms with Gasteiger partial charge in [0.25, 0.3) is 11.7 Å². The van der Waals surface area contributed by atoms with Gasteiger partial charge in [-0.3, -0.25) is 9.59 Å². The SMILES string of the molecule is CCn1c(CNC(=O)C(=O)c2c(C)[nH]c3ccccc23)nc2ccccc21. The molecule has 0 atom stereocenters. The second-order valence-corrected chi connectivity index (χ2v) is 6.44. The maximum atomic E-state index is 12.7. The van der Waals surface area contributed by atoms with Gasteiger partial charge in [-0.1, -0.05) is 30.3 Å². The van der Waals surface area contributed by atoms with Gasteiger partial charge in [0, 0.05) is 23.1 Å². The van der Waals surface area contributed by atoms with Crippen LogP contribution in [0, 0.1) is 6.92 Å². The summed E-state index contributed by atoms with van der Waals surface area (Å²) in [6, 6.07) is 15.3. The summed E-state index contributed by atoms with van der Waals surface area (Å²) in [6.45, 7) is 4.77. The van der Waals surface area contributed by atoms with Gasteiger partial charge in [-0.15, -0.1) is 0 Å². The van der Waals surface area contributed by atoms with E-state index >= 15 is 0 Å². The zero-order valence-corrected chi connectivity index (χ0v) is 15.2. The highest BCUT2D eigenvalue weighted by Gasteiger charge is 2.23. The van der Waals surface area contributed by atoms with Crippen molar-refractivity contribution in [3.63, 3.8) is 0 Å². The van der Waals surface area contributed by atoms with Crippen molar-refractivity contribution in [2.24, 2.45) is 0 Å². The summed E-state index contributed by atoms with van der Waals surface area (Å²) in [5.74, 6) is -0.433. The van der Waals surface area contributed by atoms with E-state index in [4.69, 9.17) is 0 Å². The van der Waals surface area contributed by atoms with E-state index in [0.29, 0.717) is 11.3 Å². The number of nitrogens with zero attached hydrogens (tertiary/aromatic N) is 2. The molecule has 0 unspecified atom stereocenters. The molecule has 0 saturated carbocycles. The molecule has 2 aromatic heterocycles. The Hall–Kier alpha value is -3.41. The van der Waals surface area contributed by atoms with Gasteiger partial charge < -0.3 is 14.9 Å². The van der Waals surface area contributed by atoms with Crippen molar-refractivity contribution in [1.29, 1.82) is 0 Å². The summed E-state index contributed by atoms with van der Waals surface area (Å²) in [4.78, 5) is 33.0. The van der Waals surface area contributed by atoms with Crippen LogP contribution in [0.15, 0.2) is 48.5 Å². The van der Waals surface area contributed by atoms with E-state index in [0.717, 1.165) is 34.3 Å². The molecule has 0 aliphatic carbocycles. The number of ketones is 1. The highest BCUT2D eigenvalue weighted by Crippen LogP contribution is 2.22. The highest BCUT2D eigenvalue weighted by molar-refractivity contribution is 6.45. The minimum absolute atomic E-state index is 0.203. The summed E-state index contributed by atoms with van der Waals surface area (Å²) >= 11 is 0. The number of rotatable bonds is 5. The van der Waals surface area contributed by atoms with Gasteiger partial charge in [0.2, 0.25) is 0 Å². The summed E-state index contributed by atoms with van der Waals surface area (Å²) in [6.07, 6.45) is 0. The Morgan fingerprint density at radius 2 is 1.85 bits per heavy atom. The van der Waals surface area contributed by atoms with Crippen molar-refractivity contribution < 1.29 is 9.59 Å². The third-order valence-corrected chi connectivity index (χ3v) is 4.78. The molecule has 0 saturated heterocycles. The zero-order valence-electron chi connectivity index (χ0n) is 15.2. The average Bonchev–Trinajstić information content (AvgIpc) is 3.21. The van der Waals surface area contributed by atoms with Crippen LogP contribution >= 0.6 is 0 Å². The van der Waals surface area contributed by atoms with Crippen molar-refractivity contribution in [2.75, 3.05) is 0 Å². The highest BCUT2D eigenvalue weighted by atomic mass is 16.2. The number of Topliss-reactive ketones (excluding diaryl/α,β-unsaturated/α-hetero) is 1. The number of hydrogen-bond acceptors (Lipinski definition) is 3. The molecule has 0 spiro atoms. The topological polar surface area (TPSA) is 79.8 Å². The number of benzene rings is 2. The molecule has 4 aromatic rings. The lowest BCUT2D eigenvalue weighted by Crippen LogP contribution is -2.31. The maximum Gasteiger partial charge on any atom is 0.292 e. The molecule has 0 bridgehead atoms. The first-order valence-corrected chi connectivity index (χ1v) is 8.94. The number of H-pyrrole nitrogens is 1. The van der Waals surface area contributed by atoms with Gasteiger partial charge in [0.15, 0.2) is 0 Å². The predicted molar refractivity (Wildman–Crippen MR) is 105 cm³/mol. The van der Waals surface area contributed by atoms with Crippen molar-refractivity contribution in [3.05, 3.63) is 65.6 Å². The minimum Gasteiger partial charge on any atom is -0.358 e. The molecule has 2 N–H and O–H groups in total. The fraction of sp³-hybridized carbons (Fsp3) is 0.190. The third-order valence-electron chi connectivity index (χ3n) is 4.78. The monoisotopic (exact) mass is 360 g/mol. The van der Waals surface area contributed by atoms with E-state index in [1.807, 2.05) is 60.0 Å². The number of carbonyl (C=O) groups is 2. The van der Waals surface area contributed by atoms with Crippen LogP contribution < -0.4 is 5.32 Å². The number of amides is 1. The zero-order chi connectivity index (χ0) is 19.0. The molecule has 4 rings (SSSR count). The summed E-state index contributed by atoms with van der Waals surface area (Å²) in [5.41, 5.74) is 3.86. The van der Waals surface area contributed by atoms with E-state index in [1.54, 1.807) is 6.92 Å². The number of aromatic nitrogens is 3. The first-order valence-electron chi connectivity index (χ1n) is 8.94. The fourth-order valence-corrected chi connectivity index (χ4v) is 3.54. The Bertz CT molecular complexity index is 1170. The normalized spacial score (nSPS) is 11.2. The second kappa shape index (κ2) is 6.72. The molecule has 27 heavy (non-hydrogen) atoms. The lowest BCUT2D eigenvalue weighted by Gasteiger charge is -2.07. The molecule has 0 aliphatic heterocycles. The van der Waals surface area contributed by atoms with Crippen LogP contribution in [-0.4, -0.2) is 26.2 Å². The van der Waals surface area contributed by atoms with Crippen LogP contribution in [0.5, 0.6) is 0 Å². The summed E-state index contributed by atoms with van der Waals surface area (Å²) < 4.78 is 2.04. The number of imidazole rings is 1. The third kappa shape index (κ3) is 2.89. The van der Waals surface area contributed by atoms with Crippen molar-refractivity contribution in [3.8, 4) is 0 Å². The van der Waals surface area contributed by atoms with Crippen molar-refractivity contribution in [2.45, 2.75) is 26.9 Å². The maximum absolute atomic E-state index is 12.7. The summed E-state index contributed by atoms with van der Waals surface area (Å²) in [5, 5.41) is 3.49. The van der Waals surface area contributed by atoms with Crippen LogP contribution in [0.3, 0.4) is 0 Å². The van der Waals surface area contributed by atoms with Crippen LogP contribution in [0.2, 0.25) is 0 Å². The Morgan fingerprint density at radius 1 is 1.11 bits per heavy atom. The van der Waals surface area contributed by atoms with Crippen molar-refractivity contribution >= 4 is 33.6 Å². The average molecular weight is 360 g/mol. The first-order chi connectivity index (χ1) is 13.1. The van der Waals surface area contributed by atoms with Gasteiger partial charge in [-0.25, -0.2) is 4.98 Å². The molecule has 6 nitrogen and oxygen atoms in total. The van der Waals surface area contributed by atoms with Crippen LogP contribution in [0.1, 0.15) is 28.8 Å².